The molecular formula is C48H85N3O17. The molecule has 0 aromatic carbocycles. The Morgan fingerprint density at radius 3 is 2.16 bits per heavy atom. The molecule has 20 heteroatoms. The first-order valence-corrected chi connectivity index (χ1v) is 24.7. The van der Waals surface area contributed by atoms with Gasteiger partial charge in [-0.1, -0.05) is 33.6 Å². The highest BCUT2D eigenvalue weighted by Gasteiger charge is 2.54. The first-order valence-electron chi connectivity index (χ1n) is 24.7. The van der Waals surface area contributed by atoms with Crippen LogP contribution in [-0.4, -0.2) is 180 Å². The van der Waals surface area contributed by atoms with E-state index in [0.29, 0.717) is 18.9 Å². The second kappa shape index (κ2) is 24.6. The minimum absolute atomic E-state index is 0.0370. The Labute approximate surface area is 403 Å². The van der Waals surface area contributed by atoms with Crippen molar-refractivity contribution in [3.8, 4) is 0 Å². The van der Waals surface area contributed by atoms with Crippen molar-refractivity contribution in [2.24, 2.45) is 23.7 Å². The minimum Gasteiger partial charge on any atom is -0.465 e. The number of aliphatic hydroxyl groups is 3. The molecule has 4 rings (SSSR count). The van der Waals surface area contributed by atoms with E-state index in [0.717, 1.165) is 25.7 Å². The van der Waals surface area contributed by atoms with Gasteiger partial charge in [0.15, 0.2) is 24.8 Å². The largest absolute Gasteiger partial charge is 0.465 e. The molecule has 394 valence electrons. The number of likely N-dealkylation sites (N-methyl/N-ethyl adjacent to an activating group) is 2. The van der Waals surface area contributed by atoms with Crippen LogP contribution >= 0.6 is 0 Å². The monoisotopic (exact) mass is 976 g/mol. The van der Waals surface area contributed by atoms with E-state index in [1.807, 2.05) is 32.8 Å². The number of methoxy groups -OCH3 is 1. The minimum atomic E-state index is -2.08. The number of esters is 3. The third kappa shape index (κ3) is 14.7. The first-order chi connectivity index (χ1) is 31.6. The van der Waals surface area contributed by atoms with Gasteiger partial charge >= 0.3 is 17.9 Å². The predicted octanol–water partition coefficient (Wildman–Crippen LogP) is 4.18. The summed E-state index contributed by atoms with van der Waals surface area (Å²) in [6.07, 6.45) is -6.37. The SMILES string of the molecule is CC[C@H]1OC(=O)[C@H](C)[C@@H](O[C@H]2C[C@@](C)(OC)[C@@H](O)[C@H](C)O2)[C@H](C)[C@@H](O[C@@H]2O[C@H](C)CC(N(C)C)[C@H]2OC(=O)CCC(=O)OCC2CCCC2)[C@](C)(O)C[C@@H](C)CN(C)[C@H](C)[C@@H](O[N+](=O)[O-])[C@]1(C)O. The lowest BCUT2D eigenvalue weighted by Gasteiger charge is -2.49. The van der Waals surface area contributed by atoms with Crippen molar-refractivity contribution in [1.82, 2.24) is 9.80 Å². The molecule has 0 amide bonds. The number of hydrogen-bond donors (Lipinski definition) is 3. The van der Waals surface area contributed by atoms with E-state index in [-0.39, 0.29) is 44.6 Å². The summed E-state index contributed by atoms with van der Waals surface area (Å²) >= 11 is 0. The van der Waals surface area contributed by atoms with E-state index in [2.05, 4.69) is 0 Å². The summed E-state index contributed by atoms with van der Waals surface area (Å²) in [5.74, 6) is -4.10. The van der Waals surface area contributed by atoms with Crippen molar-refractivity contribution in [3.63, 3.8) is 0 Å². The summed E-state index contributed by atoms with van der Waals surface area (Å²) in [4.78, 5) is 61.8. The van der Waals surface area contributed by atoms with Crippen LogP contribution in [0.5, 0.6) is 0 Å². The molecule has 0 bridgehead atoms. The smallest absolute Gasteiger partial charge is 0.311 e. The summed E-state index contributed by atoms with van der Waals surface area (Å²) in [5.41, 5.74) is -4.95. The summed E-state index contributed by atoms with van der Waals surface area (Å²) in [5, 5.41) is 47.1. The number of ether oxygens (including phenoxy) is 8. The lowest BCUT2D eigenvalue weighted by molar-refractivity contribution is -0.774. The molecule has 0 aromatic rings. The van der Waals surface area contributed by atoms with E-state index < -0.39 is 125 Å². The van der Waals surface area contributed by atoms with Crippen molar-refractivity contribution in [2.75, 3.05) is 41.4 Å². The molecular weight excluding hydrogens is 891 g/mol. The van der Waals surface area contributed by atoms with Crippen molar-refractivity contribution in [1.29, 1.82) is 0 Å². The molecule has 18 atom stereocenters. The lowest BCUT2D eigenvalue weighted by Crippen LogP contribution is -2.61. The van der Waals surface area contributed by atoms with Gasteiger partial charge in [0.05, 0.1) is 67.0 Å². The predicted molar refractivity (Wildman–Crippen MR) is 246 cm³/mol. The molecule has 3 heterocycles. The van der Waals surface area contributed by atoms with Crippen LogP contribution in [0, 0.1) is 33.8 Å². The lowest BCUT2D eigenvalue weighted by atomic mass is 9.77. The van der Waals surface area contributed by atoms with Gasteiger partial charge in [0.1, 0.15) is 17.8 Å². The van der Waals surface area contributed by atoms with E-state index in [1.54, 1.807) is 60.4 Å². The Bertz CT molecular complexity index is 1650. The average Bonchev–Trinajstić information content (AvgIpc) is 3.79. The third-order valence-corrected chi connectivity index (χ3v) is 15.1. The second-order valence-corrected chi connectivity index (χ2v) is 21.3. The average molecular weight is 976 g/mol. The number of hydrogen-bond acceptors (Lipinski definition) is 19. The molecule has 20 nitrogen and oxygen atoms in total. The molecule has 0 radical (unpaired) electrons. The van der Waals surface area contributed by atoms with E-state index in [4.69, 9.17) is 42.7 Å². The molecule has 1 unspecified atom stereocenters. The van der Waals surface area contributed by atoms with Crippen LogP contribution in [0.3, 0.4) is 0 Å². The summed E-state index contributed by atoms with van der Waals surface area (Å²) in [6, 6.07) is -1.23. The zero-order valence-electron chi connectivity index (χ0n) is 43.1. The van der Waals surface area contributed by atoms with Gasteiger partial charge < -0.3 is 67.9 Å². The summed E-state index contributed by atoms with van der Waals surface area (Å²) in [7, 11) is 6.88. The maximum Gasteiger partial charge on any atom is 0.311 e. The number of nitrogens with zero attached hydrogens (tertiary/aromatic N) is 3. The van der Waals surface area contributed by atoms with E-state index in [9.17, 15) is 39.8 Å². The van der Waals surface area contributed by atoms with Gasteiger partial charge in [-0.25, -0.2) is 0 Å². The maximum absolute atomic E-state index is 14.6. The van der Waals surface area contributed by atoms with Crippen LogP contribution in [0.15, 0.2) is 0 Å². The van der Waals surface area contributed by atoms with Crippen LogP contribution in [0.1, 0.15) is 133 Å². The molecule has 1 saturated carbocycles. The molecule has 0 aromatic heterocycles. The standard InChI is InChI=1S/C48H85N3O17/c1-15-35-48(10,57)43(68-51(58)59)31(6)50(13)25-27(2)23-46(8,56)42(29(4)39(30(5)44(55)64-35)66-38-24-47(9,60-14)41(54)32(7)63-38)67-45-40(34(49(11)12)22-28(3)62-45)65-37(53)21-20-36(52)61-26-33-18-16-17-19-33/h27-35,38-43,45,54,56-57H,15-26H2,1-14H3/t27-,28-,29+,30-,31-,32+,34?,35-,38+,39+,40-,41+,42-,43-,45+,46-,47-,48-/m1/s1. The van der Waals surface area contributed by atoms with Crippen LogP contribution in [0.4, 0.5) is 0 Å². The van der Waals surface area contributed by atoms with Crippen LogP contribution in [0.25, 0.3) is 0 Å². The maximum atomic E-state index is 14.6. The van der Waals surface area contributed by atoms with Crippen molar-refractivity contribution < 1.29 is 77.5 Å². The van der Waals surface area contributed by atoms with Gasteiger partial charge in [-0.05, 0) is 114 Å². The highest BCUT2D eigenvalue weighted by Crippen LogP contribution is 2.41. The van der Waals surface area contributed by atoms with E-state index >= 15 is 0 Å². The number of carbonyl (C=O) groups is 3. The van der Waals surface area contributed by atoms with Gasteiger partial charge in [-0.15, -0.1) is 10.1 Å². The Kier molecular flexibility index (Phi) is 20.9. The number of cyclic esters (lactones) is 1. The Balaban J connectivity index is 1.80. The van der Waals surface area contributed by atoms with E-state index in [1.165, 1.54) is 14.0 Å². The first kappa shape index (κ1) is 57.8. The Hall–Kier alpha value is -2.79. The fourth-order valence-electron chi connectivity index (χ4n) is 11.0. The van der Waals surface area contributed by atoms with Crippen molar-refractivity contribution >= 4 is 17.9 Å². The van der Waals surface area contributed by atoms with Crippen LogP contribution in [0.2, 0.25) is 0 Å². The summed E-state index contributed by atoms with van der Waals surface area (Å²) < 4.78 is 50.1. The van der Waals surface area contributed by atoms with Crippen molar-refractivity contribution in [2.45, 2.75) is 224 Å². The zero-order chi connectivity index (χ0) is 51.1. The van der Waals surface area contributed by atoms with Crippen LogP contribution in [-0.2, 0) is 57.1 Å². The normalized spacial score (nSPS) is 41.9. The van der Waals surface area contributed by atoms with Gasteiger partial charge in [0.25, 0.3) is 5.09 Å². The second-order valence-electron chi connectivity index (χ2n) is 21.3. The number of carbonyl (C=O) groups excluding carboxylic acids is 3. The molecule has 4 aliphatic rings. The topological polar surface area (TPSA) is 245 Å². The quantitative estimate of drug-likeness (QED) is 0.0902. The van der Waals surface area contributed by atoms with Gasteiger partial charge in [0, 0.05) is 32.0 Å². The fraction of sp³-hybridized carbons (Fsp3) is 0.938. The Morgan fingerprint density at radius 1 is 0.941 bits per heavy atom. The van der Waals surface area contributed by atoms with Crippen LogP contribution < -0.4 is 0 Å². The van der Waals surface area contributed by atoms with Gasteiger partial charge in [0.2, 0.25) is 0 Å². The highest BCUT2D eigenvalue weighted by molar-refractivity contribution is 5.77. The van der Waals surface area contributed by atoms with Crippen molar-refractivity contribution in [3.05, 3.63) is 10.1 Å². The Morgan fingerprint density at radius 2 is 1.57 bits per heavy atom. The third-order valence-electron chi connectivity index (χ3n) is 15.1. The highest BCUT2D eigenvalue weighted by atomic mass is 17.0. The molecule has 4 fully saturated rings. The molecule has 3 saturated heterocycles. The molecule has 3 aliphatic heterocycles. The molecule has 1 aliphatic carbocycles. The summed E-state index contributed by atoms with van der Waals surface area (Å²) in [6.45, 7) is 17.4. The van der Waals surface area contributed by atoms with Gasteiger partial charge in [-0.3, -0.25) is 14.4 Å². The molecule has 68 heavy (non-hydrogen) atoms. The van der Waals surface area contributed by atoms with Gasteiger partial charge in [-0.2, -0.15) is 0 Å². The fourth-order valence-corrected chi connectivity index (χ4v) is 11.0. The number of aliphatic hydroxyl groups excluding tert-OH is 1. The zero-order valence-corrected chi connectivity index (χ0v) is 43.1. The molecule has 0 spiro atoms. The number of rotatable bonds is 15. The molecule has 3 N–H and O–H groups in total.